The smallest absolute Gasteiger partial charge is 0.129 e. The second-order valence-electron chi connectivity index (χ2n) is 6.13. The van der Waals surface area contributed by atoms with Crippen molar-refractivity contribution in [3.63, 3.8) is 0 Å². The minimum absolute atomic E-state index is 0.508. The van der Waals surface area contributed by atoms with Gasteiger partial charge in [-0.05, 0) is 36.2 Å². The number of fused-ring (bicyclic) bond motifs is 1. The van der Waals surface area contributed by atoms with Crippen LogP contribution in [0.2, 0.25) is 0 Å². The largest absolute Gasteiger partial charge is 0.488 e. The molecule has 120 valence electrons. The highest BCUT2D eigenvalue weighted by Gasteiger charge is 2.10. The van der Waals surface area contributed by atoms with E-state index in [1.165, 1.54) is 16.5 Å². The predicted molar refractivity (Wildman–Crippen MR) is 95.9 cm³/mol. The highest BCUT2D eigenvalue weighted by atomic mass is 16.5. The van der Waals surface area contributed by atoms with Gasteiger partial charge in [0.1, 0.15) is 12.4 Å². The molecule has 2 N–H and O–H groups in total. The van der Waals surface area contributed by atoms with Crippen molar-refractivity contribution < 1.29 is 4.74 Å². The fraction of sp³-hybridized carbons (Fsp3) is 0.300. The number of H-pyrrole nitrogens is 1. The molecule has 2 aromatic carbocycles. The van der Waals surface area contributed by atoms with Gasteiger partial charge in [-0.3, -0.25) is 0 Å². The molecule has 1 heterocycles. The summed E-state index contributed by atoms with van der Waals surface area (Å²) < 4.78 is 6.09. The lowest BCUT2D eigenvalue weighted by Gasteiger charge is -2.10. The molecule has 0 aliphatic heterocycles. The second-order valence-corrected chi connectivity index (χ2v) is 6.13. The zero-order valence-electron chi connectivity index (χ0n) is 13.8. The molecule has 0 saturated carbocycles. The molecule has 0 saturated heterocycles. The van der Waals surface area contributed by atoms with Crippen molar-refractivity contribution in [3.05, 3.63) is 65.9 Å². The SMILES string of the molecule is CC(C)NCCc1c[nH]c2cccc(OCc3ccccc3)c12. The van der Waals surface area contributed by atoms with E-state index in [9.17, 15) is 0 Å². The van der Waals surface area contributed by atoms with Gasteiger partial charge < -0.3 is 15.0 Å². The fourth-order valence-corrected chi connectivity index (χ4v) is 2.77. The van der Waals surface area contributed by atoms with Gasteiger partial charge in [-0.25, -0.2) is 0 Å². The maximum Gasteiger partial charge on any atom is 0.129 e. The molecule has 23 heavy (non-hydrogen) atoms. The van der Waals surface area contributed by atoms with Gasteiger partial charge in [-0.1, -0.05) is 50.2 Å². The molecule has 3 aromatic rings. The molecule has 0 radical (unpaired) electrons. The zero-order chi connectivity index (χ0) is 16.1. The number of aromatic nitrogens is 1. The van der Waals surface area contributed by atoms with E-state index in [0.717, 1.165) is 24.2 Å². The lowest BCUT2D eigenvalue weighted by atomic mass is 10.1. The molecule has 0 spiro atoms. The van der Waals surface area contributed by atoms with Gasteiger partial charge in [-0.15, -0.1) is 0 Å². The topological polar surface area (TPSA) is 37.0 Å². The molecule has 0 atom stereocenters. The number of benzene rings is 2. The molecule has 0 bridgehead atoms. The van der Waals surface area contributed by atoms with Gasteiger partial charge in [-0.2, -0.15) is 0 Å². The summed E-state index contributed by atoms with van der Waals surface area (Å²) in [5.41, 5.74) is 3.62. The van der Waals surface area contributed by atoms with E-state index >= 15 is 0 Å². The summed E-state index contributed by atoms with van der Waals surface area (Å²) in [6, 6.07) is 17.0. The quantitative estimate of drug-likeness (QED) is 0.683. The lowest BCUT2D eigenvalue weighted by Crippen LogP contribution is -2.24. The third-order valence-electron chi connectivity index (χ3n) is 3.93. The van der Waals surface area contributed by atoms with E-state index in [1.54, 1.807) is 0 Å². The summed E-state index contributed by atoms with van der Waals surface area (Å²) in [6.07, 6.45) is 3.09. The van der Waals surface area contributed by atoms with E-state index in [4.69, 9.17) is 4.74 Å². The number of nitrogens with one attached hydrogen (secondary N) is 2. The highest BCUT2D eigenvalue weighted by Crippen LogP contribution is 2.29. The van der Waals surface area contributed by atoms with Crippen molar-refractivity contribution >= 4 is 10.9 Å². The van der Waals surface area contributed by atoms with E-state index < -0.39 is 0 Å². The van der Waals surface area contributed by atoms with Crippen LogP contribution in [0.1, 0.15) is 25.0 Å². The average molecular weight is 308 g/mol. The predicted octanol–water partition coefficient (Wildman–Crippen LogP) is 4.29. The van der Waals surface area contributed by atoms with E-state index in [2.05, 4.69) is 54.6 Å². The number of hydrogen-bond acceptors (Lipinski definition) is 2. The molecular weight excluding hydrogens is 284 g/mol. The van der Waals surface area contributed by atoms with Crippen molar-refractivity contribution in [3.8, 4) is 5.75 Å². The van der Waals surface area contributed by atoms with Gasteiger partial charge in [0.25, 0.3) is 0 Å². The first-order valence-electron chi connectivity index (χ1n) is 8.23. The van der Waals surface area contributed by atoms with Crippen LogP contribution in [0.15, 0.2) is 54.7 Å². The summed E-state index contributed by atoms with van der Waals surface area (Å²) in [6.45, 7) is 5.90. The third-order valence-corrected chi connectivity index (χ3v) is 3.93. The van der Waals surface area contributed by atoms with Gasteiger partial charge >= 0.3 is 0 Å². The first kappa shape index (κ1) is 15.6. The Morgan fingerprint density at radius 3 is 2.65 bits per heavy atom. The molecular formula is C20H24N2O. The summed E-state index contributed by atoms with van der Waals surface area (Å²) in [4.78, 5) is 3.36. The zero-order valence-corrected chi connectivity index (χ0v) is 13.8. The Kier molecular flexibility index (Phi) is 4.99. The maximum atomic E-state index is 6.09. The Bertz CT molecular complexity index is 747. The van der Waals surface area contributed by atoms with Crippen LogP contribution in [0, 0.1) is 0 Å². The van der Waals surface area contributed by atoms with Crippen LogP contribution in [0.3, 0.4) is 0 Å². The summed E-state index contributed by atoms with van der Waals surface area (Å²) in [5, 5.41) is 4.67. The van der Waals surface area contributed by atoms with Gasteiger partial charge in [0.15, 0.2) is 0 Å². The number of hydrogen-bond donors (Lipinski definition) is 2. The van der Waals surface area contributed by atoms with Crippen molar-refractivity contribution in [1.29, 1.82) is 0 Å². The Morgan fingerprint density at radius 1 is 1.04 bits per heavy atom. The molecule has 0 unspecified atom stereocenters. The number of aromatic amines is 1. The van der Waals surface area contributed by atoms with Gasteiger partial charge in [0, 0.05) is 23.1 Å². The van der Waals surface area contributed by atoms with Crippen LogP contribution in [0.5, 0.6) is 5.75 Å². The standard InChI is InChI=1S/C20H24N2O/c1-15(2)21-12-11-17-13-22-18-9-6-10-19(20(17)18)23-14-16-7-4-3-5-8-16/h3-10,13,15,21-22H,11-12,14H2,1-2H3. The van der Waals surface area contributed by atoms with Crippen molar-refractivity contribution in [2.75, 3.05) is 6.54 Å². The third kappa shape index (κ3) is 3.93. The Labute approximate surface area is 137 Å². The molecule has 1 aromatic heterocycles. The Morgan fingerprint density at radius 2 is 1.87 bits per heavy atom. The van der Waals surface area contributed by atoms with Crippen LogP contribution in [0.4, 0.5) is 0 Å². The summed E-state index contributed by atoms with van der Waals surface area (Å²) in [7, 11) is 0. The molecule has 0 fully saturated rings. The average Bonchev–Trinajstić information content (AvgIpc) is 2.97. The molecule has 0 amide bonds. The Hall–Kier alpha value is -2.26. The minimum Gasteiger partial charge on any atom is -0.488 e. The maximum absolute atomic E-state index is 6.09. The van der Waals surface area contributed by atoms with Crippen molar-refractivity contribution in [1.82, 2.24) is 10.3 Å². The van der Waals surface area contributed by atoms with Gasteiger partial charge in [0.05, 0.1) is 0 Å². The number of rotatable bonds is 7. The number of ether oxygens (including phenoxy) is 1. The second kappa shape index (κ2) is 7.34. The fourth-order valence-electron chi connectivity index (χ4n) is 2.77. The molecule has 3 rings (SSSR count). The van der Waals surface area contributed by atoms with Gasteiger partial charge in [0.2, 0.25) is 0 Å². The van der Waals surface area contributed by atoms with Crippen molar-refractivity contribution in [2.45, 2.75) is 32.9 Å². The molecule has 3 nitrogen and oxygen atoms in total. The summed E-state index contributed by atoms with van der Waals surface area (Å²) in [5.74, 6) is 0.951. The summed E-state index contributed by atoms with van der Waals surface area (Å²) >= 11 is 0. The molecule has 0 aliphatic rings. The Balaban J connectivity index is 1.78. The first-order chi connectivity index (χ1) is 11.2. The van der Waals surface area contributed by atoms with Crippen LogP contribution < -0.4 is 10.1 Å². The van der Waals surface area contributed by atoms with Crippen LogP contribution in [-0.4, -0.2) is 17.6 Å². The highest BCUT2D eigenvalue weighted by molar-refractivity contribution is 5.89. The molecule has 0 aliphatic carbocycles. The normalized spacial score (nSPS) is 11.3. The monoisotopic (exact) mass is 308 g/mol. The van der Waals surface area contributed by atoms with Crippen LogP contribution >= 0.6 is 0 Å². The van der Waals surface area contributed by atoms with E-state index in [-0.39, 0.29) is 0 Å². The van der Waals surface area contributed by atoms with E-state index in [1.807, 2.05) is 24.3 Å². The van der Waals surface area contributed by atoms with Crippen LogP contribution in [-0.2, 0) is 13.0 Å². The van der Waals surface area contributed by atoms with Crippen molar-refractivity contribution in [2.24, 2.45) is 0 Å². The minimum atomic E-state index is 0.508. The lowest BCUT2D eigenvalue weighted by molar-refractivity contribution is 0.310. The van der Waals surface area contributed by atoms with Crippen LogP contribution in [0.25, 0.3) is 10.9 Å². The first-order valence-corrected chi connectivity index (χ1v) is 8.23. The van der Waals surface area contributed by atoms with E-state index in [0.29, 0.717) is 12.6 Å². The molecule has 3 heteroatoms.